The summed E-state index contributed by atoms with van der Waals surface area (Å²) in [6, 6.07) is 0.733. The molecule has 1 heterocycles. The Balaban J connectivity index is 1.87. The summed E-state index contributed by atoms with van der Waals surface area (Å²) in [6.45, 7) is 5.72. The van der Waals surface area contributed by atoms with Crippen molar-refractivity contribution in [1.29, 1.82) is 0 Å². The highest BCUT2D eigenvalue weighted by atomic mass is 32.2. The first-order valence-electron chi connectivity index (χ1n) is 8.23. The Bertz CT molecular complexity index is 389. The van der Waals surface area contributed by atoms with Gasteiger partial charge >= 0.3 is 0 Å². The lowest BCUT2D eigenvalue weighted by atomic mass is 9.97. The molecule has 0 spiro atoms. The van der Waals surface area contributed by atoms with Crippen molar-refractivity contribution in [3.05, 3.63) is 0 Å². The molecule has 1 saturated heterocycles. The van der Waals surface area contributed by atoms with Crippen molar-refractivity contribution in [1.82, 2.24) is 9.62 Å². The first-order chi connectivity index (χ1) is 9.50. The normalized spacial score (nSPS) is 25.9. The van der Waals surface area contributed by atoms with Gasteiger partial charge in [0.25, 0.3) is 0 Å². The van der Waals surface area contributed by atoms with E-state index in [0.717, 1.165) is 25.9 Å². The maximum Gasteiger partial charge on any atom is 0.214 e. The maximum atomic E-state index is 12.5. The minimum Gasteiger partial charge on any atom is -0.314 e. The van der Waals surface area contributed by atoms with Crippen LogP contribution in [-0.4, -0.2) is 43.6 Å². The standard InChI is InChI=1S/C15H30N2O2S/c1-13(2)16-10-6-12-20(18,19)17-11-5-9-15(17)14-7-3-4-8-14/h13-16H,3-12H2,1-2H3. The number of rotatable bonds is 7. The van der Waals surface area contributed by atoms with E-state index in [2.05, 4.69) is 19.2 Å². The summed E-state index contributed by atoms with van der Waals surface area (Å²) in [5.41, 5.74) is 0. The first-order valence-corrected chi connectivity index (χ1v) is 9.84. The fourth-order valence-corrected chi connectivity index (χ4v) is 5.53. The molecule has 1 unspecified atom stereocenters. The van der Waals surface area contributed by atoms with Crippen LogP contribution in [0.25, 0.3) is 0 Å². The van der Waals surface area contributed by atoms with Crippen LogP contribution in [-0.2, 0) is 10.0 Å². The van der Waals surface area contributed by atoms with E-state index >= 15 is 0 Å². The Morgan fingerprint density at radius 1 is 1.15 bits per heavy atom. The lowest BCUT2D eigenvalue weighted by molar-refractivity contribution is 0.288. The minimum atomic E-state index is -3.05. The van der Waals surface area contributed by atoms with Crippen molar-refractivity contribution in [2.24, 2.45) is 5.92 Å². The van der Waals surface area contributed by atoms with E-state index in [0.29, 0.717) is 30.2 Å². The molecule has 0 radical (unpaired) electrons. The van der Waals surface area contributed by atoms with E-state index in [-0.39, 0.29) is 0 Å². The minimum absolute atomic E-state index is 0.302. The molecule has 4 nitrogen and oxygen atoms in total. The largest absolute Gasteiger partial charge is 0.314 e. The zero-order chi connectivity index (χ0) is 14.6. The lowest BCUT2D eigenvalue weighted by Crippen LogP contribution is -2.41. The Labute approximate surface area is 124 Å². The predicted octanol–water partition coefficient (Wildman–Crippen LogP) is 2.36. The van der Waals surface area contributed by atoms with Gasteiger partial charge in [-0.25, -0.2) is 8.42 Å². The number of nitrogens with one attached hydrogen (secondary N) is 1. The average molecular weight is 302 g/mol. The third kappa shape index (κ3) is 4.18. The Kier molecular flexibility index (Phi) is 5.87. The summed E-state index contributed by atoms with van der Waals surface area (Å²) < 4.78 is 26.9. The number of nitrogens with zero attached hydrogens (tertiary/aromatic N) is 1. The summed E-state index contributed by atoms with van der Waals surface area (Å²) in [5, 5.41) is 3.29. The van der Waals surface area contributed by atoms with Gasteiger partial charge in [-0.1, -0.05) is 26.7 Å². The number of hydrogen-bond acceptors (Lipinski definition) is 3. The monoisotopic (exact) mass is 302 g/mol. The van der Waals surface area contributed by atoms with Crippen LogP contribution in [0.3, 0.4) is 0 Å². The average Bonchev–Trinajstić information content (AvgIpc) is 3.03. The quantitative estimate of drug-likeness (QED) is 0.735. The molecule has 2 aliphatic rings. The molecule has 0 bridgehead atoms. The molecule has 20 heavy (non-hydrogen) atoms. The Hall–Kier alpha value is -0.130. The summed E-state index contributed by atoms with van der Waals surface area (Å²) in [7, 11) is -3.05. The van der Waals surface area contributed by atoms with E-state index in [1.165, 1.54) is 25.7 Å². The number of hydrogen-bond donors (Lipinski definition) is 1. The molecule has 1 N–H and O–H groups in total. The second-order valence-electron chi connectivity index (χ2n) is 6.64. The summed E-state index contributed by atoms with van der Waals surface area (Å²) in [5.74, 6) is 0.928. The molecule has 0 aromatic heterocycles. The summed E-state index contributed by atoms with van der Waals surface area (Å²) in [4.78, 5) is 0. The van der Waals surface area contributed by atoms with Gasteiger partial charge in [0.05, 0.1) is 5.75 Å². The summed E-state index contributed by atoms with van der Waals surface area (Å²) >= 11 is 0. The molecule has 1 aliphatic heterocycles. The van der Waals surface area contributed by atoms with Gasteiger partial charge in [-0.2, -0.15) is 4.31 Å². The lowest BCUT2D eigenvalue weighted by Gasteiger charge is -2.28. The topological polar surface area (TPSA) is 49.4 Å². The molecule has 1 atom stereocenters. The highest BCUT2D eigenvalue weighted by molar-refractivity contribution is 7.89. The Morgan fingerprint density at radius 2 is 1.85 bits per heavy atom. The fraction of sp³-hybridized carbons (Fsp3) is 1.00. The van der Waals surface area contributed by atoms with E-state index in [1.54, 1.807) is 0 Å². The molecule has 118 valence electrons. The highest BCUT2D eigenvalue weighted by Crippen LogP contribution is 2.36. The Morgan fingerprint density at radius 3 is 2.50 bits per heavy atom. The van der Waals surface area contributed by atoms with Crippen LogP contribution in [0.4, 0.5) is 0 Å². The van der Waals surface area contributed by atoms with Crippen LogP contribution in [0.2, 0.25) is 0 Å². The second-order valence-corrected chi connectivity index (χ2v) is 8.68. The molecule has 1 saturated carbocycles. The van der Waals surface area contributed by atoms with Gasteiger partial charge in [-0.3, -0.25) is 0 Å². The zero-order valence-electron chi connectivity index (χ0n) is 13.0. The van der Waals surface area contributed by atoms with Crippen molar-refractivity contribution in [2.75, 3.05) is 18.8 Å². The fourth-order valence-electron chi connectivity index (χ4n) is 3.69. The van der Waals surface area contributed by atoms with Crippen LogP contribution >= 0.6 is 0 Å². The molecule has 0 aromatic rings. The molecule has 0 aromatic carbocycles. The van der Waals surface area contributed by atoms with Crippen LogP contribution < -0.4 is 5.32 Å². The predicted molar refractivity (Wildman–Crippen MR) is 83.2 cm³/mol. The molecule has 2 fully saturated rings. The van der Waals surface area contributed by atoms with Gasteiger partial charge in [0.15, 0.2) is 0 Å². The third-order valence-electron chi connectivity index (χ3n) is 4.68. The molecule has 1 aliphatic carbocycles. The maximum absolute atomic E-state index is 12.5. The SMILES string of the molecule is CC(C)NCCCS(=O)(=O)N1CCCC1C1CCCC1. The van der Waals surface area contributed by atoms with Gasteiger partial charge in [-0.15, -0.1) is 0 Å². The van der Waals surface area contributed by atoms with Crippen molar-refractivity contribution in [3.63, 3.8) is 0 Å². The zero-order valence-corrected chi connectivity index (χ0v) is 13.8. The van der Waals surface area contributed by atoms with Gasteiger partial charge < -0.3 is 5.32 Å². The van der Waals surface area contributed by atoms with Gasteiger partial charge in [0, 0.05) is 18.6 Å². The summed E-state index contributed by atoms with van der Waals surface area (Å²) in [6.07, 6.45) is 7.87. The van der Waals surface area contributed by atoms with E-state index in [1.807, 2.05) is 4.31 Å². The highest BCUT2D eigenvalue weighted by Gasteiger charge is 2.39. The van der Waals surface area contributed by atoms with Crippen molar-refractivity contribution in [2.45, 2.75) is 70.9 Å². The van der Waals surface area contributed by atoms with Gasteiger partial charge in [-0.05, 0) is 44.6 Å². The molecule has 2 rings (SSSR count). The molecule has 0 amide bonds. The van der Waals surface area contributed by atoms with E-state index in [9.17, 15) is 8.42 Å². The van der Waals surface area contributed by atoms with Crippen LogP contribution in [0.5, 0.6) is 0 Å². The van der Waals surface area contributed by atoms with Crippen LogP contribution in [0.15, 0.2) is 0 Å². The van der Waals surface area contributed by atoms with Crippen molar-refractivity contribution >= 4 is 10.0 Å². The van der Waals surface area contributed by atoms with Crippen LogP contribution in [0.1, 0.15) is 58.8 Å². The van der Waals surface area contributed by atoms with Crippen LogP contribution in [0, 0.1) is 5.92 Å². The first kappa shape index (κ1) is 16.2. The van der Waals surface area contributed by atoms with Crippen molar-refractivity contribution < 1.29 is 8.42 Å². The van der Waals surface area contributed by atoms with E-state index in [4.69, 9.17) is 0 Å². The molecular formula is C15H30N2O2S. The second kappa shape index (κ2) is 7.23. The number of sulfonamides is 1. The van der Waals surface area contributed by atoms with E-state index < -0.39 is 10.0 Å². The van der Waals surface area contributed by atoms with Gasteiger partial charge in [0.2, 0.25) is 10.0 Å². The van der Waals surface area contributed by atoms with Gasteiger partial charge in [0.1, 0.15) is 0 Å². The smallest absolute Gasteiger partial charge is 0.214 e. The molecule has 5 heteroatoms. The van der Waals surface area contributed by atoms with Crippen molar-refractivity contribution in [3.8, 4) is 0 Å². The third-order valence-corrected chi connectivity index (χ3v) is 6.65. The molecular weight excluding hydrogens is 272 g/mol.